The Labute approximate surface area is 102 Å². The zero-order valence-electron chi connectivity index (χ0n) is 12.3. The van der Waals surface area contributed by atoms with Gasteiger partial charge in [-0.05, 0) is 41.9 Å². The van der Waals surface area contributed by atoms with Crippen LogP contribution in [0.2, 0.25) is 0 Å². The van der Waals surface area contributed by atoms with E-state index in [4.69, 9.17) is 0 Å². The molecule has 0 rings (SSSR count). The van der Waals surface area contributed by atoms with Crippen LogP contribution >= 0.6 is 0 Å². The molecule has 16 heavy (non-hydrogen) atoms. The molecule has 2 atom stereocenters. The maximum Gasteiger partial charge on any atom is 0.0920 e. The van der Waals surface area contributed by atoms with Crippen LogP contribution in [0.3, 0.4) is 0 Å². The minimum atomic E-state index is -0.174. The van der Waals surface area contributed by atoms with Crippen LogP contribution in [0.1, 0.15) is 54.9 Å². The van der Waals surface area contributed by atoms with Crippen molar-refractivity contribution < 1.29 is 4.39 Å². The Balaban J connectivity index is 4.71. The first-order valence-electron chi connectivity index (χ1n) is 6.87. The molecule has 0 saturated heterocycles. The second-order valence-corrected chi connectivity index (χ2v) is 6.47. The Morgan fingerprint density at radius 2 is 1.19 bits per heavy atom. The van der Waals surface area contributed by atoms with Gasteiger partial charge in [0.2, 0.25) is 0 Å². The van der Waals surface area contributed by atoms with Gasteiger partial charge < -0.3 is 0 Å². The number of hydrogen-bond donors (Lipinski definition) is 0. The van der Waals surface area contributed by atoms with Gasteiger partial charge in [-0.3, -0.25) is 4.39 Å². The van der Waals surface area contributed by atoms with Crippen molar-refractivity contribution >= 4 is 0 Å². The monoisotopic (exact) mass is 230 g/mol. The number of halogens is 1. The van der Waals surface area contributed by atoms with Gasteiger partial charge in [-0.15, -0.1) is 0 Å². The second kappa shape index (κ2) is 7.29. The SMILES string of the molecule is CC(CF)CC(C(C)C)C(C(C)C)C(C)C. The number of rotatable bonds is 7. The van der Waals surface area contributed by atoms with Crippen LogP contribution in [-0.4, -0.2) is 6.67 Å². The van der Waals surface area contributed by atoms with E-state index in [0.717, 1.165) is 6.42 Å². The Bertz CT molecular complexity index is 164. The first-order valence-corrected chi connectivity index (χ1v) is 6.87. The van der Waals surface area contributed by atoms with Crippen LogP contribution in [0, 0.1) is 35.5 Å². The molecule has 0 amide bonds. The Hall–Kier alpha value is -0.0700. The first kappa shape index (κ1) is 15.9. The summed E-state index contributed by atoms with van der Waals surface area (Å²) in [5.41, 5.74) is 0. The zero-order chi connectivity index (χ0) is 12.9. The average molecular weight is 230 g/mol. The summed E-state index contributed by atoms with van der Waals surface area (Å²) >= 11 is 0. The summed E-state index contributed by atoms with van der Waals surface area (Å²) in [5.74, 6) is 3.63. The standard InChI is InChI=1S/C15H31F/c1-10(2)14(8-13(7)9-16)15(11(3)4)12(5)6/h10-15H,8-9H2,1-7H3. The quantitative estimate of drug-likeness (QED) is 0.565. The van der Waals surface area contributed by atoms with Gasteiger partial charge in [0.25, 0.3) is 0 Å². The van der Waals surface area contributed by atoms with Gasteiger partial charge in [0.1, 0.15) is 0 Å². The second-order valence-electron chi connectivity index (χ2n) is 6.47. The molecule has 0 bridgehead atoms. The summed E-state index contributed by atoms with van der Waals surface area (Å²) in [7, 11) is 0. The normalized spacial score (nSPS) is 16.5. The van der Waals surface area contributed by atoms with Crippen LogP contribution in [0.15, 0.2) is 0 Å². The first-order chi connectivity index (χ1) is 7.31. The fourth-order valence-electron chi connectivity index (χ4n) is 3.16. The van der Waals surface area contributed by atoms with Crippen molar-refractivity contribution in [1.82, 2.24) is 0 Å². The molecule has 0 fully saturated rings. The average Bonchev–Trinajstić information content (AvgIpc) is 2.14. The maximum atomic E-state index is 12.7. The fourth-order valence-corrected chi connectivity index (χ4v) is 3.16. The third kappa shape index (κ3) is 4.84. The molecule has 2 unspecified atom stereocenters. The van der Waals surface area contributed by atoms with Crippen molar-refractivity contribution in [3.8, 4) is 0 Å². The molecule has 0 aromatic carbocycles. The van der Waals surface area contributed by atoms with Gasteiger partial charge in [0, 0.05) is 0 Å². The van der Waals surface area contributed by atoms with Gasteiger partial charge in [-0.25, -0.2) is 0 Å². The predicted octanol–water partition coefficient (Wildman–Crippen LogP) is 5.18. The molecule has 0 radical (unpaired) electrons. The van der Waals surface area contributed by atoms with Crippen molar-refractivity contribution in [2.45, 2.75) is 54.9 Å². The minimum absolute atomic E-state index is 0.174. The molecule has 0 aliphatic carbocycles. The van der Waals surface area contributed by atoms with Crippen LogP contribution in [-0.2, 0) is 0 Å². The van der Waals surface area contributed by atoms with Gasteiger partial charge in [-0.2, -0.15) is 0 Å². The smallest absolute Gasteiger partial charge is 0.0920 e. The lowest BCUT2D eigenvalue weighted by molar-refractivity contribution is 0.114. The van der Waals surface area contributed by atoms with E-state index >= 15 is 0 Å². The van der Waals surface area contributed by atoms with E-state index in [9.17, 15) is 4.39 Å². The third-order valence-electron chi connectivity index (χ3n) is 3.83. The van der Waals surface area contributed by atoms with E-state index in [-0.39, 0.29) is 12.6 Å². The molecule has 1 heteroatoms. The highest BCUT2D eigenvalue weighted by molar-refractivity contribution is 4.79. The zero-order valence-corrected chi connectivity index (χ0v) is 12.3. The van der Waals surface area contributed by atoms with Crippen LogP contribution in [0.4, 0.5) is 4.39 Å². The van der Waals surface area contributed by atoms with Crippen molar-refractivity contribution in [2.24, 2.45) is 35.5 Å². The molecular formula is C15H31F. The Morgan fingerprint density at radius 3 is 1.44 bits per heavy atom. The lowest BCUT2D eigenvalue weighted by atomic mass is 9.68. The maximum absolute atomic E-state index is 12.7. The third-order valence-corrected chi connectivity index (χ3v) is 3.83. The van der Waals surface area contributed by atoms with Crippen molar-refractivity contribution in [1.29, 1.82) is 0 Å². The Kier molecular flexibility index (Phi) is 7.26. The van der Waals surface area contributed by atoms with E-state index in [1.165, 1.54) is 0 Å². The lowest BCUT2D eigenvalue weighted by Crippen LogP contribution is -2.30. The van der Waals surface area contributed by atoms with E-state index < -0.39 is 0 Å². The van der Waals surface area contributed by atoms with Gasteiger partial charge in [0.15, 0.2) is 0 Å². The highest BCUT2D eigenvalue weighted by atomic mass is 19.1. The fraction of sp³-hybridized carbons (Fsp3) is 1.00. The lowest BCUT2D eigenvalue weighted by Gasteiger charge is -2.37. The van der Waals surface area contributed by atoms with Crippen LogP contribution in [0.5, 0.6) is 0 Å². The highest BCUT2D eigenvalue weighted by Crippen LogP contribution is 2.37. The summed E-state index contributed by atoms with van der Waals surface area (Å²) in [5, 5.41) is 0. The number of hydrogen-bond acceptors (Lipinski definition) is 0. The van der Waals surface area contributed by atoms with E-state index in [1.54, 1.807) is 0 Å². The van der Waals surface area contributed by atoms with E-state index in [0.29, 0.717) is 29.6 Å². The van der Waals surface area contributed by atoms with Gasteiger partial charge in [0.05, 0.1) is 6.67 Å². The molecule has 0 saturated carbocycles. The van der Waals surface area contributed by atoms with Crippen molar-refractivity contribution in [3.05, 3.63) is 0 Å². The molecule has 0 N–H and O–H groups in total. The molecule has 0 aliphatic heterocycles. The summed E-state index contributed by atoms with van der Waals surface area (Å²) in [4.78, 5) is 0. The predicted molar refractivity (Wildman–Crippen MR) is 71.3 cm³/mol. The van der Waals surface area contributed by atoms with Crippen molar-refractivity contribution in [2.75, 3.05) is 6.67 Å². The summed E-state index contributed by atoms with van der Waals surface area (Å²) in [6, 6.07) is 0. The number of alkyl halides is 1. The molecular weight excluding hydrogens is 199 g/mol. The van der Waals surface area contributed by atoms with Crippen LogP contribution < -0.4 is 0 Å². The van der Waals surface area contributed by atoms with Crippen molar-refractivity contribution in [3.63, 3.8) is 0 Å². The topological polar surface area (TPSA) is 0 Å². The van der Waals surface area contributed by atoms with E-state index in [2.05, 4.69) is 41.5 Å². The molecule has 98 valence electrons. The van der Waals surface area contributed by atoms with E-state index in [1.807, 2.05) is 6.92 Å². The molecule has 0 nitrogen and oxygen atoms in total. The molecule has 0 aromatic rings. The molecule has 0 aromatic heterocycles. The summed E-state index contributed by atoms with van der Waals surface area (Å²) < 4.78 is 12.7. The molecule has 0 heterocycles. The highest BCUT2D eigenvalue weighted by Gasteiger charge is 2.30. The van der Waals surface area contributed by atoms with Gasteiger partial charge in [-0.1, -0.05) is 48.5 Å². The minimum Gasteiger partial charge on any atom is -0.251 e. The molecule has 0 spiro atoms. The summed E-state index contributed by atoms with van der Waals surface area (Å²) in [6.45, 7) is 15.7. The Morgan fingerprint density at radius 1 is 0.750 bits per heavy atom. The largest absolute Gasteiger partial charge is 0.251 e. The molecule has 0 aliphatic rings. The van der Waals surface area contributed by atoms with Crippen LogP contribution in [0.25, 0.3) is 0 Å². The summed E-state index contributed by atoms with van der Waals surface area (Å²) in [6.07, 6.45) is 1.04. The van der Waals surface area contributed by atoms with Gasteiger partial charge >= 0.3 is 0 Å².